The van der Waals surface area contributed by atoms with Crippen molar-refractivity contribution in [2.45, 2.75) is 18.5 Å². The fraction of sp³-hybridized carbons (Fsp3) is 0.188. The van der Waals surface area contributed by atoms with E-state index in [-0.39, 0.29) is 17.7 Å². The second kappa shape index (κ2) is 5.59. The van der Waals surface area contributed by atoms with Crippen LogP contribution in [0.3, 0.4) is 0 Å². The monoisotopic (exact) mass is 334 g/mol. The van der Waals surface area contributed by atoms with Gasteiger partial charge < -0.3 is 35.0 Å². The largest absolute Gasteiger partial charge is 0.504 e. The highest BCUT2D eigenvalue weighted by Gasteiger charge is 2.45. The van der Waals surface area contributed by atoms with E-state index in [0.717, 1.165) is 12.1 Å². The van der Waals surface area contributed by atoms with E-state index in [1.54, 1.807) is 24.3 Å². The molecular weight excluding hydrogens is 320 g/mol. The molecule has 126 valence electrons. The van der Waals surface area contributed by atoms with Gasteiger partial charge in [0.05, 0.1) is 5.56 Å². The summed E-state index contributed by atoms with van der Waals surface area (Å²) in [5.41, 5.74) is 0.336. The number of phenols is 3. The van der Waals surface area contributed by atoms with Crippen molar-refractivity contribution in [2.24, 2.45) is 0 Å². The normalized spacial score (nSPS) is 18.3. The van der Waals surface area contributed by atoms with Crippen LogP contribution in [0.1, 0.15) is 15.9 Å². The van der Waals surface area contributed by atoms with Crippen LogP contribution in [0.25, 0.3) is 0 Å². The van der Waals surface area contributed by atoms with Crippen LogP contribution in [0.5, 0.6) is 23.0 Å². The molecule has 1 aliphatic rings. The first-order chi connectivity index (χ1) is 11.3. The van der Waals surface area contributed by atoms with Crippen LogP contribution >= 0.6 is 0 Å². The van der Waals surface area contributed by atoms with Crippen LogP contribution in [0.4, 0.5) is 0 Å². The Bertz CT molecular complexity index is 775. The Labute approximate surface area is 135 Å². The third kappa shape index (κ3) is 2.80. The first kappa shape index (κ1) is 15.9. The Hall–Kier alpha value is -2.97. The number of esters is 1. The van der Waals surface area contributed by atoms with Crippen molar-refractivity contribution in [2.75, 3.05) is 0 Å². The molecule has 0 saturated carbocycles. The highest BCUT2D eigenvalue weighted by molar-refractivity contribution is 5.91. The average Bonchev–Trinajstić information content (AvgIpc) is 2.52. The van der Waals surface area contributed by atoms with Gasteiger partial charge in [-0.15, -0.1) is 0 Å². The molecule has 24 heavy (non-hydrogen) atoms. The number of aliphatic hydroxyl groups is 2. The summed E-state index contributed by atoms with van der Waals surface area (Å²) in [7, 11) is 0. The third-order valence-corrected chi connectivity index (χ3v) is 3.61. The Balaban J connectivity index is 1.84. The zero-order chi connectivity index (χ0) is 17.5. The van der Waals surface area contributed by atoms with Gasteiger partial charge in [0.15, 0.2) is 23.4 Å². The second-order valence-electron chi connectivity index (χ2n) is 5.33. The standard InChI is InChI=1S/C16H14O8/c17-10-5-9(6-11(18)14(10)19)15(20)23-13-7-8-3-1-2-4-12(8)24-16(13,21)22/h1-6,13,17-19,21-22H,7H2. The molecule has 1 aliphatic heterocycles. The summed E-state index contributed by atoms with van der Waals surface area (Å²) in [5, 5.41) is 48.0. The molecule has 0 fully saturated rings. The Morgan fingerprint density at radius 1 is 1.12 bits per heavy atom. The number of hydrogen-bond donors (Lipinski definition) is 5. The van der Waals surface area contributed by atoms with Crippen molar-refractivity contribution in [3.63, 3.8) is 0 Å². The molecule has 1 unspecified atom stereocenters. The minimum Gasteiger partial charge on any atom is -0.504 e. The molecule has 0 radical (unpaired) electrons. The maximum absolute atomic E-state index is 12.1. The van der Waals surface area contributed by atoms with Gasteiger partial charge in [-0.3, -0.25) is 0 Å². The van der Waals surface area contributed by atoms with Crippen LogP contribution in [-0.2, 0) is 11.2 Å². The molecule has 8 heteroatoms. The van der Waals surface area contributed by atoms with Gasteiger partial charge >= 0.3 is 11.9 Å². The summed E-state index contributed by atoms with van der Waals surface area (Å²) in [6.07, 6.45) is -1.44. The Kier molecular flexibility index (Phi) is 3.70. The van der Waals surface area contributed by atoms with Crippen LogP contribution < -0.4 is 4.74 Å². The zero-order valence-corrected chi connectivity index (χ0v) is 12.2. The molecule has 2 aromatic rings. The lowest BCUT2D eigenvalue weighted by Gasteiger charge is -2.35. The number of phenolic OH excluding ortho intramolecular Hbond substituents is 3. The molecule has 0 saturated heterocycles. The van der Waals surface area contributed by atoms with Gasteiger partial charge in [-0.2, -0.15) is 0 Å². The van der Waals surface area contributed by atoms with Gasteiger partial charge in [-0.05, 0) is 23.8 Å². The van der Waals surface area contributed by atoms with Crippen LogP contribution in [0, 0.1) is 0 Å². The lowest BCUT2D eigenvalue weighted by atomic mass is 10.0. The number of ether oxygens (including phenoxy) is 2. The fourth-order valence-corrected chi connectivity index (χ4v) is 2.37. The summed E-state index contributed by atoms with van der Waals surface area (Å²) >= 11 is 0. The van der Waals surface area contributed by atoms with E-state index in [9.17, 15) is 30.3 Å². The number of hydrogen-bond acceptors (Lipinski definition) is 8. The first-order valence-corrected chi connectivity index (χ1v) is 6.95. The number of carbonyl (C=O) groups excluding carboxylic acids is 1. The quantitative estimate of drug-likeness (QED) is 0.306. The van der Waals surface area contributed by atoms with Gasteiger partial charge in [0.2, 0.25) is 0 Å². The molecule has 1 heterocycles. The van der Waals surface area contributed by atoms with Gasteiger partial charge in [-0.1, -0.05) is 18.2 Å². The highest BCUT2D eigenvalue weighted by Crippen LogP contribution is 2.36. The predicted molar refractivity (Wildman–Crippen MR) is 78.6 cm³/mol. The lowest BCUT2D eigenvalue weighted by molar-refractivity contribution is -0.341. The second-order valence-corrected chi connectivity index (χ2v) is 5.33. The summed E-state index contributed by atoms with van der Waals surface area (Å²) in [4.78, 5) is 12.1. The van der Waals surface area contributed by atoms with Gasteiger partial charge in [-0.25, -0.2) is 4.79 Å². The molecule has 1 atom stereocenters. The van der Waals surface area contributed by atoms with Gasteiger partial charge in [0.1, 0.15) is 5.75 Å². The molecule has 8 nitrogen and oxygen atoms in total. The summed E-state index contributed by atoms with van der Waals surface area (Å²) in [6.45, 7) is 0. The van der Waals surface area contributed by atoms with E-state index < -0.39 is 35.3 Å². The zero-order valence-electron chi connectivity index (χ0n) is 12.2. The minimum absolute atomic E-state index is 0.00897. The van der Waals surface area contributed by atoms with Crippen LogP contribution in [-0.4, -0.2) is 43.6 Å². The molecule has 3 rings (SSSR count). The topological polar surface area (TPSA) is 137 Å². The minimum atomic E-state index is -2.73. The van der Waals surface area contributed by atoms with Crippen molar-refractivity contribution in [1.29, 1.82) is 0 Å². The van der Waals surface area contributed by atoms with E-state index >= 15 is 0 Å². The first-order valence-electron chi connectivity index (χ1n) is 6.95. The number of para-hydroxylation sites is 1. The summed E-state index contributed by atoms with van der Waals surface area (Å²) in [5.74, 6) is -5.72. The molecule has 0 amide bonds. The van der Waals surface area contributed by atoms with E-state index in [0.29, 0.717) is 5.56 Å². The van der Waals surface area contributed by atoms with Crippen molar-refractivity contribution in [3.8, 4) is 23.0 Å². The Morgan fingerprint density at radius 3 is 2.42 bits per heavy atom. The fourth-order valence-electron chi connectivity index (χ4n) is 2.37. The van der Waals surface area contributed by atoms with Crippen LogP contribution in [0.15, 0.2) is 36.4 Å². The molecule has 2 aromatic carbocycles. The third-order valence-electron chi connectivity index (χ3n) is 3.61. The molecule has 5 N–H and O–H groups in total. The lowest BCUT2D eigenvalue weighted by Crippen LogP contribution is -2.53. The van der Waals surface area contributed by atoms with Crippen molar-refractivity contribution in [3.05, 3.63) is 47.5 Å². The maximum Gasteiger partial charge on any atom is 0.361 e. The van der Waals surface area contributed by atoms with E-state index in [4.69, 9.17) is 9.47 Å². The number of fused-ring (bicyclic) bond motifs is 1. The molecule has 0 bridgehead atoms. The highest BCUT2D eigenvalue weighted by atomic mass is 16.8. The molecule has 0 spiro atoms. The summed E-state index contributed by atoms with van der Waals surface area (Å²) < 4.78 is 10.1. The van der Waals surface area contributed by atoms with Crippen molar-refractivity contribution >= 4 is 5.97 Å². The average molecular weight is 334 g/mol. The summed E-state index contributed by atoms with van der Waals surface area (Å²) in [6, 6.07) is 8.37. The van der Waals surface area contributed by atoms with Gasteiger partial charge in [0, 0.05) is 6.42 Å². The number of aromatic hydroxyl groups is 3. The van der Waals surface area contributed by atoms with E-state index in [2.05, 4.69) is 0 Å². The van der Waals surface area contributed by atoms with E-state index in [1.807, 2.05) is 0 Å². The smallest absolute Gasteiger partial charge is 0.361 e. The SMILES string of the molecule is O=C(OC1Cc2ccccc2OC1(O)O)c1cc(O)c(O)c(O)c1. The maximum atomic E-state index is 12.1. The predicted octanol–water partition coefficient (Wildman–Crippen LogP) is 0.602. The molecular formula is C16H14O8. The number of carbonyl (C=O) groups is 1. The molecule has 0 aliphatic carbocycles. The van der Waals surface area contributed by atoms with E-state index in [1.165, 1.54) is 0 Å². The Morgan fingerprint density at radius 2 is 1.75 bits per heavy atom. The number of rotatable bonds is 2. The van der Waals surface area contributed by atoms with Crippen molar-refractivity contribution < 1.29 is 39.8 Å². The van der Waals surface area contributed by atoms with Crippen LogP contribution in [0.2, 0.25) is 0 Å². The number of benzene rings is 2. The van der Waals surface area contributed by atoms with Gasteiger partial charge in [0.25, 0.3) is 0 Å². The molecule has 0 aromatic heterocycles. The van der Waals surface area contributed by atoms with Crippen molar-refractivity contribution in [1.82, 2.24) is 0 Å².